The maximum absolute atomic E-state index is 12.0. The summed E-state index contributed by atoms with van der Waals surface area (Å²) in [5.74, 6) is 3.27. The van der Waals surface area contributed by atoms with Crippen molar-refractivity contribution in [1.82, 2.24) is 20.1 Å². The van der Waals surface area contributed by atoms with Gasteiger partial charge < -0.3 is 14.6 Å². The number of aromatic nitrogens is 3. The molecule has 2 aromatic heterocycles. The lowest BCUT2D eigenvalue weighted by molar-refractivity contribution is -0.119. The molecule has 2 aromatic rings. The molecule has 3 rings (SSSR count). The number of thioether (sulfide) groups is 1. The summed E-state index contributed by atoms with van der Waals surface area (Å²) >= 11 is 1.41. The van der Waals surface area contributed by atoms with Crippen LogP contribution in [-0.2, 0) is 11.3 Å². The highest BCUT2D eigenvalue weighted by Crippen LogP contribution is 2.28. The van der Waals surface area contributed by atoms with Crippen molar-refractivity contribution in [3.63, 3.8) is 0 Å². The molecule has 0 bridgehead atoms. The standard InChI is InChI=1S/C19H29N5O2S/c1-13(2)20-17(25)12-27-19-22-21-18(23-9-14(3)8-15(4)10-23)24(19)11-16-6-5-7-26-16/h5-7,13-15H,8-12H2,1-4H3,(H,20,25)/t14-,15-/m0/s1. The molecule has 27 heavy (non-hydrogen) atoms. The van der Waals surface area contributed by atoms with Gasteiger partial charge in [-0.2, -0.15) is 0 Å². The van der Waals surface area contributed by atoms with E-state index >= 15 is 0 Å². The number of furan rings is 1. The Morgan fingerprint density at radius 2 is 2.07 bits per heavy atom. The first-order chi connectivity index (χ1) is 12.9. The van der Waals surface area contributed by atoms with Crippen LogP contribution in [0.2, 0.25) is 0 Å². The molecule has 0 spiro atoms. The lowest BCUT2D eigenvalue weighted by Gasteiger charge is -2.35. The first-order valence-electron chi connectivity index (χ1n) is 9.55. The van der Waals surface area contributed by atoms with Gasteiger partial charge in [0.25, 0.3) is 0 Å². The van der Waals surface area contributed by atoms with Crippen LogP contribution in [-0.4, -0.2) is 45.6 Å². The molecular weight excluding hydrogens is 362 g/mol. The van der Waals surface area contributed by atoms with Gasteiger partial charge in [-0.05, 0) is 44.2 Å². The number of amides is 1. The topological polar surface area (TPSA) is 76.2 Å². The smallest absolute Gasteiger partial charge is 0.230 e. The molecule has 1 aliphatic heterocycles. The Labute approximate surface area is 164 Å². The first-order valence-corrected chi connectivity index (χ1v) is 10.5. The fourth-order valence-electron chi connectivity index (χ4n) is 3.64. The van der Waals surface area contributed by atoms with Gasteiger partial charge in [-0.25, -0.2) is 0 Å². The summed E-state index contributed by atoms with van der Waals surface area (Å²) in [7, 11) is 0. The average Bonchev–Trinajstić information content (AvgIpc) is 3.22. The predicted molar refractivity (Wildman–Crippen MR) is 107 cm³/mol. The number of hydrogen-bond acceptors (Lipinski definition) is 6. The van der Waals surface area contributed by atoms with Gasteiger partial charge in [-0.1, -0.05) is 25.6 Å². The molecular formula is C19H29N5O2S. The quantitative estimate of drug-likeness (QED) is 0.731. The Hall–Kier alpha value is -1.96. The summed E-state index contributed by atoms with van der Waals surface area (Å²) in [6.07, 6.45) is 2.91. The SMILES string of the molecule is CC(C)NC(=O)CSc1nnc(N2C[C@@H](C)C[C@H](C)C2)n1Cc1ccco1. The van der Waals surface area contributed by atoms with Crippen LogP contribution in [0, 0.1) is 11.8 Å². The Morgan fingerprint density at radius 3 is 2.70 bits per heavy atom. The lowest BCUT2D eigenvalue weighted by Crippen LogP contribution is -2.40. The van der Waals surface area contributed by atoms with E-state index < -0.39 is 0 Å². The average molecular weight is 392 g/mol. The van der Waals surface area contributed by atoms with Crippen molar-refractivity contribution in [2.45, 2.75) is 51.9 Å². The summed E-state index contributed by atoms with van der Waals surface area (Å²) in [5, 5.41) is 12.5. The second-order valence-electron chi connectivity index (χ2n) is 7.81. The Bertz CT molecular complexity index is 733. The Balaban J connectivity index is 1.80. The number of rotatable bonds is 7. The zero-order valence-corrected chi connectivity index (χ0v) is 17.3. The lowest BCUT2D eigenvalue weighted by atomic mass is 9.92. The molecule has 0 radical (unpaired) electrons. The first kappa shape index (κ1) is 19.8. The molecule has 1 fully saturated rings. The van der Waals surface area contributed by atoms with E-state index in [4.69, 9.17) is 4.42 Å². The highest BCUT2D eigenvalue weighted by atomic mass is 32.2. The molecule has 8 heteroatoms. The predicted octanol–water partition coefficient (Wildman–Crippen LogP) is 3.02. The van der Waals surface area contributed by atoms with Crippen molar-refractivity contribution in [3.05, 3.63) is 24.2 Å². The third-order valence-corrected chi connectivity index (χ3v) is 5.49. The van der Waals surface area contributed by atoms with Crippen LogP contribution in [0.25, 0.3) is 0 Å². The van der Waals surface area contributed by atoms with Crippen LogP contribution >= 0.6 is 11.8 Å². The molecule has 0 aliphatic carbocycles. The van der Waals surface area contributed by atoms with E-state index in [9.17, 15) is 4.79 Å². The molecule has 3 heterocycles. The van der Waals surface area contributed by atoms with Crippen molar-refractivity contribution < 1.29 is 9.21 Å². The molecule has 148 valence electrons. The fourth-order valence-corrected chi connectivity index (χ4v) is 4.38. The molecule has 1 N–H and O–H groups in total. The molecule has 1 saturated heterocycles. The minimum Gasteiger partial charge on any atom is -0.467 e. The van der Waals surface area contributed by atoms with E-state index in [0.29, 0.717) is 24.1 Å². The van der Waals surface area contributed by atoms with E-state index in [0.717, 1.165) is 30.0 Å². The van der Waals surface area contributed by atoms with Crippen molar-refractivity contribution in [3.8, 4) is 0 Å². The van der Waals surface area contributed by atoms with Crippen molar-refractivity contribution in [2.75, 3.05) is 23.7 Å². The fraction of sp³-hybridized carbons (Fsp3) is 0.632. The second kappa shape index (κ2) is 8.82. The van der Waals surface area contributed by atoms with Crippen LogP contribution in [0.3, 0.4) is 0 Å². The van der Waals surface area contributed by atoms with Crippen molar-refractivity contribution in [1.29, 1.82) is 0 Å². The highest BCUT2D eigenvalue weighted by Gasteiger charge is 2.27. The third kappa shape index (κ3) is 5.28. The Morgan fingerprint density at radius 1 is 1.33 bits per heavy atom. The van der Waals surface area contributed by atoms with Gasteiger partial charge in [-0.3, -0.25) is 9.36 Å². The molecule has 1 amide bonds. The van der Waals surface area contributed by atoms with E-state index in [-0.39, 0.29) is 11.9 Å². The monoisotopic (exact) mass is 391 g/mol. The van der Waals surface area contributed by atoms with Crippen LogP contribution in [0.5, 0.6) is 0 Å². The van der Waals surface area contributed by atoms with Crippen LogP contribution in [0.1, 0.15) is 39.9 Å². The normalized spacial score (nSPS) is 20.3. The van der Waals surface area contributed by atoms with E-state index in [1.54, 1.807) is 6.26 Å². The number of nitrogens with zero attached hydrogens (tertiary/aromatic N) is 4. The largest absolute Gasteiger partial charge is 0.467 e. The maximum atomic E-state index is 12.0. The van der Waals surface area contributed by atoms with Gasteiger partial charge in [0, 0.05) is 19.1 Å². The summed E-state index contributed by atoms with van der Waals surface area (Å²) in [4.78, 5) is 14.3. The Kier molecular flexibility index (Phi) is 6.46. The van der Waals surface area contributed by atoms with Crippen LogP contribution < -0.4 is 10.2 Å². The highest BCUT2D eigenvalue weighted by molar-refractivity contribution is 7.99. The number of carbonyl (C=O) groups is 1. The molecule has 0 saturated carbocycles. The minimum absolute atomic E-state index is 0.00400. The molecule has 0 aromatic carbocycles. The number of piperidine rings is 1. The summed E-state index contributed by atoms with van der Waals surface area (Å²) < 4.78 is 7.61. The number of hydrogen-bond donors (Lipinski definition) is 1. The number of anilines is 1. The van der Waals surface area contributed by atoms with Crippen molar-refractivity contribution in [2.24, 2.45) is 11.8 Å². The zero-order valence-electron chi connectivity index (χ0n) is 16.5. The molecule has 2 atom stereocenters. The molecule has 0 unspecified atom stereocenters. The summed E-state index contributed by atoms with van der Waals surface area (Å²) in [6.45, 7) is 11.0. The van der Waals surface area contributed by atoms with E-state index in [1.807, 2.05) is 26.0 Å². The number of nitrogens with one attached hydrogen (secondary N) is 1. The minimum atomic E-state index is 0.00400. The zero-order chi connectivity index (χ0) is 19.4. The van der Waals surface area contributed by atoms with Gasteiger partial charge in [-0.15, -0.1) is 10.2 Å². The van der Waals surface area contributed by atoms with Crippen LogP contribution in [0.15, 0.2) is 28.0 Å². The number of carbonyl (C=O) groups excluding carboxylic acids is 1. The van der Waals surface area contributed by atoms with Crippen molar-refractivity contribution >= 4 is 23.6 Å². The van der Waals surface area contributed by atoms with E-state index in [2.05, 4.69) is 38.8 Å². The summed E-state index contributed by atoms with van der Waals surface area (Å²) in [6, 6.07) is 3.96. The maximum Gasteiger partial charge on any atom is 0.230 e. The summed E-state index contributed by atoms with van der Waals surface area (Å²) in [5.41, 5.74) is 0. The second-order valence-corrected chi connectivity index (χ2v) is 8.75. The van der Waals surface area contributed by atoms with Gasteiger partial charge in [0.05, 0.1) is 18.6 Å². The van der Waals surface area contributed by atoms with Gasteiger partial charge >= 0.3 is 0 Å². The molecule has 7 nitrogen and oxygen atoms in total. The molecule has 1 aliphatic rings. The van der Waals surface area contributed by atoms with E-state index in [1.165, 1.54) is 18.2 Å². The third-order valence-electron chi connectivity index (χ3n) is 4.53. The van der Waals surface area contributed by atoms with Gasteiger partial charge in [0.15, 0.2) is 5.16 Å². The van der Waals surface area contributed by atoms with Gasteiger partial charge in [0.1, 0.15) is 5.76 Å². The van der Waals surface area contributed by atoms with Gasteiger partial charge in [0.2, 0.25) is 11.9 Å². The van der Waals surface area contributed by atoms with Crippen LogP contribution in [0.4, 0.5) is 5.95 Å².